The van der Waals surface area contributed by atoms with Gasteiger partial charge in [-0.25, -0.2) is 4.79 Å². The number of urea groups is 1. The number of hydrogen-bond acceptors (Lipinski definition) is 3. The van der Waals surface area contributed by atoms with Crippen LogP contribution in [0.2, 0.25) is 0 Å². The quantitative estimate of drug-likeness (QED) is 0.654. The Morgan fingerprint density at radius 2 is 1.94 bits per heavy atom. The molecule has 0 unspecified atom stereocenters. The maximum absolute atomic E-state index is 11.4. The first-order chi connectivity index (χ1) is 8.15. The zero-order chi connectivity index (χ0) is 12.7. The van der Waals surface area contributed by atoms with Gasteiger partial charge in [-0.2, -0.15) is 0 Å². The van der Waals surface area contributed by atoms with E-state index in [1.807, 2.05) is 18.4 Å². The van der Waals surface area contributed by atoms with E-state index in [2.05, 4.69) is 10.6 Å². The van der Waals surface area contributed by atoms with Crippen LogP contribution in [0.5, 0.6) is 0 Å². The lowest BCUT2D eigenvalue weighted by Gasteiger charge is -2.06. The highest BCUT2D eigenvalue weighted by Crippen LogP contribution is 2.17. The van der Waals surface area contributed by atoms with Crippen LogP contribution < -0.4 is 10.6 Å². The van der Waals surface area contributed by atoms with Crippen LogP contribution >= 0.6 is 23.4 Å². The number of hydrogen-bond donors (Lipinski definition) is 2. The third-order valence-electron chi connectivity index (χ3n) is 1.92. The SMILES string of the molecule is CSc1ccc(NC(=O)NC(=O)CCCl)cc1. The molecule has 4 nitrogen and oxygen atoms in total. The molecular formula is C11H13ClN2O2S. The van der Waals surface area contributed by atoms with Crippen LogP contribution in [-0.2, 0) is 4.79 Å². The van der Waals surface area contributed by atoms with Gasteiger partial charge >= 0.3 is 6.03 Å². The Labute approximate surface area is 109 Å². The van der Waals surface area contributed by atoms with Gasteiger partial charge in [-0.1, -0.05) is 0 Å². The van der Waals surface area contributed by atoms with Gasteiger partial charge in [0.1, 0.15) is 0 Å². The smallest absolute Gasteiger partial charge is 0.308 e. The number of nitrogens with one attached hydrogen (secondary N) is 2. The minimum Gasteiger partial charge on any atom is -0.308 e. The predicted octanol–water partition coefficient (Wildman–Crippen LogP) is 2.69. The monoisotopic (exact) mass is 272 g/mol. The lowest BCUT2D eigenvalue weighted by molar-refractivity contribution is -0.119. The third-order valence-corrected chi connectivity index (χ3v) is 2.85. The average Bonchev–Trinajstić information content (AvgIpc) is 2.30. The van der Waals surface area contributed by atoms with Gasteiger partial charge in [0.2, 0.25) is 5.91 Å². The first-order valence-electron chi connectivity index (χ1n) is 4.96. The summed E-state index contributed by atoms with van der Waals surface area (Å²) in [5, 5.41) is 4.74. The topological polar surface area (TPSA) is 58.2 Å². The molecule has 0 saturated carbocycles. The standard InChI is InChI=1S/C11H13ClN2O2S/c1-17-9-4-2-8(3-5-9)13-11(16)14-10(15)6-7-12/h2-5H,6-7H2,1H3,(H2,13,14,15,16). The Morgan fingerprint density at radius 3 is 2.47 bits per heavy atom. The van der Waals surface area contributed by atoms with Gasteiger partial charge < -0.3 is 5.32 Å². The van der Waals surface area contributed by atoms with Crippen LogP contribution in [0.4, 0.5) is 10.5 Å². The number of halogens is 1. The van der Waals surface area contributed by atoms with Gasteiger partial charge in [0.25, 0.3) is 0 Å². The van der Waals surface area contributed by atoms with E-state index >= 15 is 0 Å². The van der Waals surface area contributed by atoms with Gasteiger partial charge in [-0.3, -0.25) is 10.1 Å². The van der Waals surface area contributed by atoms with Crippen molar-refractivity contribution in [3.05, 3.63) is 24.3 Å². The van der Waals surface area contributed by atoms with E-state index in [0.717, 1.165) is 4.90 Å². The van der Waals surface area contributed by atoms with Crippen LogP contribution in [0.15, 0.2) is 29.2 Å². The van der Waals surface area contributed by atoms with Crippen molar-refractivity contribution in [3.8, 4) is 0 Å². The molecule has 0 spiro atoms. The lowest BCUT2D eigenvalue weighted by atomic mass is 10.3. The number of amides is 3. The first-order valence-corrected chi connectivity index (χ1v) is 6.72. The third kappa shape index (κ3) is 5.10. The second-order valence-corrected chi connectivity index (χ2v) is 4.43. The van der Waals surface area contributed by atoms with E-state index in [-0.39, 0.29) is 12.3 Å². The fraction of sp³-hybridized carbons (Fsp3) is 0.273. The average molecular weight is 273 g/mol. The van der Waals surface area contributed by atoms with E-state index in [0.29, 0.717) is 5.69 Å². The van der Waals surface area contributed by atoms with E-state index in [1.54, 1.807) is 23.9 Å². The van der Waals surface area contributed by atoms with Gasteiger partial charge in [0, 0.05) is 22.9 Å². The van der Waals surface area contributed by atoms with E-state index in [4.69, 9.17) is 11.6 Å². The molecule has 0 saturated heterocycles. The molecule has 0 aromatic heterocycles. The molecule has 0 aliphatic rings. The van der Waals surface area contributed by atoms with Crippen LogP contribution in [0.25, 0.3) is 0 Å². The molecule has 1 aromatic carbocycles. The number of benzene rings is 1. The molecule has 6 heteroatoms. The van der Waals surface area contributed by atoms with Crippen LogP contribution in [-0.4, -0.2) is 24.1 Å². The second-order valence-electron chi connectivity index (χ2n) is 3.17. The van der Waals surface area contributed by atoms with Gasteiger partial charge in [-0.05, 0) is 30.5 Å². The van der Waals surface area contributed by atoms with Crippen LogP contribution in [0.1, 0.15) is 6.42 Å². The molecule has 0 bridgehead atoms. The number of carbonyl (C=O) groups is 2. The van der Waals surface area contributed by atoms with Crippen molar-refractivity contribution in [1.82, 2.24) is 5.32 Å². The largest absolute Gasteiger partial charge is 0.325 e. The van der Waals surface area contributed by atoms with E-state index in [1.165, 1.54) is 0 Å². The molecule has 1 aromatic rings. The summed E-state index contributed by atoms with van der Waals surface area (Å²) in [6.45, 7) is 0. The fourth-order valence-corrected chi connectivity index (χ4v) is 1.69. The number of anilines is 1. The molecule has 0 aliphatic carbocycles. The highest BCUT2D eigenvalue weighted by molar-refractivity contribution is 7.98. The number of rotatable bonds is 4. The summed E-state index contributed by atoms with van der Waals surface area (Å²) in [4.78, 5) is 23.6. The molecular weight excluding hydrogens is 260 g/mol. The number of carbonyl (C=O) groups excluding carboxylic acids is 2. The van der Waals surface area contributed by atoms with Crippen molar-refractivity contribution in [3.63, 3.8) is 0 Å². The Bertz CT molecular complexity index is 395. The highest BCUT2D eigenvalue weighted by Gasteiger charge is 2.06. The number of alkyl halides is 1. The maximum atomic E-state index is 11.4. The fourth-order valence-electron chi connectivity index (χ4n) is 1.11. The molecule has 0 fully saturated rings. The summed E-state index contributed by atoms with van der Waals surface area (Å²) in [6, 6.07) is 6.79. The van der Waals surface area contributed by atoms with Crippen molar-refractivity contribution in [2.24, 2.45) is 0 Å². The van der Waals surface area contributed by atoms with Crippen LogP contribution in [0.3, 0.4) is 0 Å². The summed E-state index contributed by atoms with van der Waals surface area (Å²) in [7, 11) is 0. The Morgan fingerprint density at radius 1 is 1.29 bits per heavy atom. The van der Waals surface area contributed by atoms with Crippen molar-refractivity contribution in [1.29, 1.82) is 0 Å². The minimum atomic E-state index is -0.544. The zero-order valence-electron chi connectivity index (χ0n) is 9.33. The lowest BCUT2D eigenvalue weighted by Crippen LogP contribution is -2.34. The Hall–Kier alpha value is -1.20. The van der Waals surface area contributed by atoms with Crippen molar-refractivity contribution >= 4 is 41.0 Å². The first kappa shape index (κ1) is 13.9. The predicted molar refractivity (Wildman–Crippen MR) is 70.7 cm³/mol. The summed E-state index contributed by atoms with van der Waals surface area (Å²) in [6.07, 6.45) is 2.10. The molecule has 0 aliphatic heterocycles. The molecule has 2 N–H and O–H groups in total. The summed E-state index contributed by atoms with van der Waals surface area (Å²) in [5.41, 5.74) is 0.638. The van der Waals surface area contributed by atoms with Gasteiger partial charge in [-0.15, -0.1) is 23.4 Å². The van der Waals surface area contributed by atoms with E-state index in [9.17, 15) is 9.59 Å². The molecule has 0 heterocycles. The second kappa shape index (κ2) is 7.19. The summed E-state index contributed by atoms with van der Waals surface area (Å²) < 4.78 is 0. The van der Waals surface area contributed by atoms with Gasteiger partial charge in [0.05, 0.1) is 0 Å². The van der Waals surface area contributed by atoms with Gasteiger partial charge in [0.15, 0.2) is 0 Å². The number of imide groups is 1. The molecule has 0 atom stereocenters. The van der Waals surface area contributed by atoms with Crippen molar-refractivity contribution in [2.75, 3.05) is 17.5 Å². The Balaban J connectivity index is 2.47. The molecule has 1 rings (SSSR count). The summed E-state index contributed by atoms with van der Waals surface area (Å²) >= 11 is 7.00. The minimum absolute atomic E-state index is 0.125. The highest BCUT2D eigenvalue weighted by atomic mass is 35.5. The molecule has 92 valence electrons. The maximum Gasteiger partial charge on any atom is 0.325 e. The van der Waals surface area contributed by atoms with Crippen molar-refractivity contribution in [2.45, 2.75) is 11.3 Å². The molecule has 0 radical (unpaired) electrons. The van der Waals surface area contributed by atoms with Crippen molar-refractivity contribution < 1.29 is 9.59 Å². The molecule has 17 heavy (non-hydrogen) atoms. The van der Waals surface area contributed by atoms with Crippen LogP contribution in [0, 0.1) is 0 Å². The Kier molecular flexibility index (Phi) is 5.86. The number of thioether (sulfide) groups is 1. The van der Waals surface area contributed by atoms with E-state index < -0.39 is 11.9 Å². The molecule has 3 amide bonds. The normalized spacial score (nSPS) is 9.76. The summed E-state index contributed by atoms with van der Waals surface area (Å²) in [5.74, 6) is -0.195. The zero-order valence-corrected chi connectivity index (χ0v) is 10.9.